The molecule has 4 rings (SSSR count). The van der Waals surface area contributed by atoms with Gasteiger partial charge in [-0.05, 0) is 60.8 Å². The van der Waals surface area contributed by atoms with E-state index in [-0.39, 0.29) is 12.4 Å². The molecule has 1 aliphatic heterocycles. The van der Waals surface area contributed by atoms with Crippen LogP contribution in [0.1, 0.15) is 40.7 Å². The Bertz CT molecular complexity index is 970. The summed E-state index contributed by atoms with van der Waals surface area (Å²) in [6, 6.07) is 24.0. The lowest BCUT2D eigenvalue weighted by Crippen LogP contribution is -2.31. The Morgan fingerprint density at radius 3 is 2.67 bits per heavy atom. The highest BCUT2D eigenvalue weighted by Gasteiger charge is 2.26. The van der Waals surface area contributed by atoms with Crippen LogP contribution in [-0.4, -0.2) is 18.5 Å². The summed E-state index contributed by atoms with van der Waals surface area (Å²) in [6.07, 6.45) is 0. The van der Waals surface area contributed by atoms with E-state index < -0.39 is 0 Å². The van der Waals surface area contributed by atoms with Gasteiger partial charge >= 0.3 is 0 Å². The van der Waals surface area contributed by atoms with Crippen LogP contribution in [0.25, 0.3) is 0 Å². The topological polar surface area (TPSA) is 3.24 Å². The second-order valence-corrected chi connectivity index (χ2v) is 8.59. The van der Waals surface area contributed by atoms with Crippen molar-refractivity contribution < 1.29 is 1.37 Å². The molecule has 2 unspecified atom stereocenters. The molecule has 0 saturated carbocycles. The molecule has 0 fully saturated rings. The molecule has 0 amide bonds. The van der Waals surface area contributed by atoms with Crippen LogP contribution in [0, 0.1) is 13.8 Å². The van der Waals surface area contributed by atoms with Crippen LogP contribution in [0.3, 0.4) is 0 Å². The Hall–Kier alpha value is -2.03. The van der Waals surface area contributed by atoms with Crippen molar-refractivity contribution in [3.8, 4) is 0 Å². The van der Waals surface area contributed by atoms with Gasteiger partial charge in [-0.25, -0.2) is 0 Å². The van der Waals surface area contributed by atoms with E-state index in [1.54, 1.807) is 0 Å². The van der Waals surface area contributed by atoms with Gasteiger partial charge in [0.05, 0.1) is 0 Å². The Morgan fingerprint density at radius 2 is 1.85 bits per heavy atom. The summed E-state index contributed by atoms with van der Waals surface area (Å²) in [5, 5.41) is 0. The summed E-state index contributed by atoms with van der Waals surface area (Å²) in [5.74, 6) is 1.05. The lowest BCUT2D eigenvalue weighted by atomic mass is 9.82. The predicted molar refractivity (Wildman–Crippen MR) is 117 cm³/mol. The fourth-order valence-corrected chi connectivity index (χ4v) is 4.89. The first-order valence-electron chi connectivity index (χ1n) is 10.1. The van der Waals surface area contributed by atoms with E-state index in [2.05, 4.69) is 92.5 Å². The van der Waals surface area contributed by atoms with Crippen molar-refractivity contribution in [2.45, 2.75) is 37.0 Å². The normalized spacial score (nSPS) is 20.2. The second-order valence-electron chi connectivity index (χ2n) is 7.54. The van der Waals surface area contributed by atoms with Gasteiger partial charge in [0, 0.05) is 31.0 Å². The van der Waals surface area contributed by atoms with E-state index in [1.807, 2.05) is 11.8 Å². The van der Waals surface area contributed by atoms with Crippen molar-refractivity contribution in [2.24, 2.45) is 0 Å². The highest BCUT2D eigenvalue weighted by molar-refractivity contribution is 7.98. The van der Waals surface area contributed by atoms with Crippen molar-refractivity contribution >= 4 is 11.8 Å². The van der Waals surface area contributed by atoms with Crippen molar-refractivity contribution in [3.05, 3.63) is 100 Å². The molecule has 0 saturated heterocycles. The van der Waals surface area contributed by atoms with E-state index in [1.165, 1.54) is 38.3 Å². The van der Waals surface area contributed by atoms with E-state index in [9.17, 15) is 0 Å². The fourth-order valence-electron chi connectivity index (χ4n) is 3.97. The van der Waals surface area contributed by atoms with Gasteiger partial charge in [0.25, 0.3) is 0 Å². The van der Waals surface area contributed by atoms with Crippen LogP contribution in [0.4, 0.5) is 0 Å². The zero-order chi connectivity index (χ0) is 19.7. The molecule has 2 heteroatoms. The molecule has 3 aromatic carbocycles. The third kappa shape index (κ3) is 4.12. The number of thioether (sulfide) groups is 1. The molecular weight excluding hydrogens is 346 g/mol. The standard InChI is InChI=1S/C25H27NS/c1-18-12-19(2)24-15-26(3)16-25(23(24)13-18)21-10-7-11-22(14-21)27-17-20-8-5-4-6-9-20/h4-14,25H,15-17H2,1-3H3/i16D. The summed E-state index contributed by atoms with van der Waals surface area (Å²) >= 11 is 1.87. The number of likely N-dealkylation sites (N-methyl/N-ethyl adjacent to an activating group) is 1. The lowest BCUT2D eigenvalue weighted by Gasteiger charge is -2.34. The zero-order valence-corrected chi connectivity index (χ0v) is 17.1. The molecule has 2 atom stereocenters. The minimum atomic E-state index is -0.261. The summed E-state index contributed by atoms with van der Waals surface area (Å²) < 4.78 is 8.87. The second kappa shape index (κ2) is 7.92. The molecule has 1 heterocycles. The predicted octanol–water partition coefficient (Wildman–Crippen LogP) is 6.17. The minimum Gasteiger partial charge on any atom is -0.301 e. The summed E-state index contributed by atoms with van der Waals surface area (Å²) in [6.45, 7) is 4.96. The van der Waals surface area contributed by atoms with Gasteiger partial charge in [0.15, 0.2) is 0 Å². The van der Waals surface area contributed by atoms with Crippen molar-refractivity contribution in [1.82, 2.24) is 4.90 Å². The smallest absolute Gasteiger partial charge is 0.0440 e. The highest BCUT2D eigenvalue weighted by Crippen LogP contribution is 2.36. The lowest BCUT2D eigenvalue weighted by molar-refractivity contribution is 0.294. The number of hydrogen-bond donors (Lipinski definition) is 0. The van der Waals surface area contributed by atoms with Crippen LogP contribution in [0.5, 0.6) is 0 Å². The first kappa shape index (κ1) is 17.1. The van der Waals surface area contributed by atoms with Gasteiger partial charge in [0.2, 0.25) is 0 Å². The van der Waals surface area contributed by atoms with E-state index >= 15 is 0 Å². The molecule has 0 aliphatic carbocycles. The van der Waals surface area contributed by atoms with Gasteiger partial charge in [-0.1, -0.05) is 60.2 Å². The average molecular weight is 375 g/mol. The average Bonchev–Trinajstić information content (AvgIpc) is 2.69. The summed E-state index contributed by atoms with van der Waals surface area (Å²) in [7, 11) is 2.07. The Balaban J connectivity index is 1.67. The van der Waals surface area contributed by atoms with E-state index in [0.29, 0.717) is 0 Å². The van der Waals surface area contributed by atoms with Crippen LogP contribution in [-0.2, 0) is 12.3 Å². The van der Waals surface area contributed by atoms with Crippen molar-refractivity contribution in [3.63, 3.8) is 0 Å². The SMILES string of the molecule is [2H]C1C(c2cccc(SCc3ccccc3)c2)c2cc(C)cc(C)c2CN1C. The zero-order valence-electron chi connectivity index (χ0n) is 17.3. The highest BCUT2D eigenvalue weighted by atomic mass is 32.2. The van der Waals surface area contributed by atoms with Crippen molar-refractivity contribution in [1.29, 1.82) is 0 Å². The molecule has 27 heavy (non-hydrogen) atoms. The number of rotatable bonds is 4. The third-order valence-electron chi connectivity index (χ3n) is 5.26. The van der Waals surface area contributed by atoms with Gasteiger partial charge in [-0.2, -0.15) is 0 Å². The molecule has 138 valence electrons. The van der Waals surface area contributed by atoms with Gasteiger partial charge < -0.3 is 4.90 Å². The maximum absolute atomic E-state index is 8.87. The first-order valence-corrected chi connectivity index (χ1v) is 10.5. The fraction of sp³-hybridized carbons (Fsp3) is 0.280. The maximum atomic E-state index is 8.87. The molecule has 3 aromatic rings. The number of hydrogen-bond acceptors (Lipinski definition) is 2. The Kier molecular flexibility index (Phi) is 5.01. The Morgan fingerprint density at radius 1 is 1.04 bits per heavy atom. The van der Waals surface area contributed by atoms with Crippen molar-refractivity contribution in [2.75, 3.05) is 13.6 Å². The quantitative estimate of drug-likeness (QED) is 0.502. The molecule has 1 nitrogen and oxygen atoms in total. The summed E-state index contributed by atoms with van der Waals surface area (Å²) in [5.41, 5.74) is 7.94. The minimum absolute atomic E-state index is 0.0876. The number of fused-ring (bicyclic) bond motifs is 1. The molecule has 0 aromatic heterocycles. The van der Waals surface area contributed by atoms with Gasteiger partial charge in [0.1, 0.15) is 0 Å². The van der Waals surface area contributed by atoms with Crippen LogP contribution in [0.15, 0.2) is 71.6 Å². The molecule has 0 spiro atoms. The molecule has 0 bridgehead atoms. The third-order valence-corrected chi connectivity index (χ3v) is 6.33. The summed E-state index contributed by atoms with van der Waals surface area (Å²) in [4.78, 5) is 3.44. The number of benzene rings is 3. The van der Waals surface area contributed by atoms with Crippen LogP contribution >= 0.6 is 11.8 Å². The number of nitrogens with zero attached hydrogens (tertiary/aromatic N) is 1. The van der Waals surface area contributed by atoms with Gasteiger partial charge in [-0.3, -0.25) is 0 Å². The van der Waals surface area contributed by atoms with Crippen LogP contribution < -0.4 is 0 Å². The molecule has 0 radical (unpaired) electrons. The largest absolute Gasteiger partial charge is 0.301 e. The van der Waals surface area contributed by atoms with E-state index in [4.69, 9.17) is 1.37 Å². The van der Waals surface area contributed by atoms with Crippen LogP contribution in [0.2, 0.25) is 0 Å². The Labute approximate surface area is 168 Å². The molecular formula is C25H27NS. The monoisotopic (exact) mass is 374 g/mol. The molecule has 1 aliphatic rings. The number of aryl methyl sites for hydroxylation is 2. The van der Waals surface area contributed by atoms with Gasteiger partial charge in [-0.15, -0.1) is 11.8 Å². The van der Waals surface area contributed by atoms with E-state index in [0.717, 1.165) is 12.3 Å². The maximum Gasteiger partial charge on any atom is 0.0440 e. The molecule has 0 N–H and O–H groups in total. The first-order chi connectivity index (χ1) is 13.5.